The van der Waals surface area contributed by atoms with Crippen LogP contribution in [-0.2, 0) is 9.53 Å². The number of carbonyl (C=O) groups is 2. The highest BCUT2D eigenvalue weighted by Crippen LogP contribution is 2.29. The van der Waals surface area contributed by atoms with Gasteiger partial charge in [0.1, 0.15) is 11.8 Å². The van der Waals surface area contributed by atoms with Crippen molar-refractivity contribution < 1.29 is 24.2 Å². The van der Waals surface area contributed by atoms with Crippen LogP contribution in [0.25, 0.3) is 0 Å². The largest absolute Gasteiger partial charge is 0.495 e. The first-order chi connectivity index (χ1) is 11.8. The summed E-state index contributed by atoms with van der Waals surface area (Å²) < 4.78 is 10.4. The van der Waals surface area contributed by atoms with E-state index in [-0.39, 0.29) is 25.5 Å². The van der Waals surface area contributed by atoms with Gasteiger partial charge in [0.25, 0.3) is 0 Å². The van der Waals surface area contributed by atoms with Gasteiger partial charge in [-0.1, -0.05) is 25.4 Å². The predicted octanol–water partition coefficient (Wildman–Crippen LogP) is 2.51. The van der Waals surface area contributed by atoms with E-state index in [4.69, 9.17) is 21.1 Å². The zero-order chi connectivity index (χ0) is 18.6. The Hall–Kier alpha value is -1.99. The molecule has 1 saturated heterocycles. The molecule has 1 aliphatic rings. The standard InChI is InChI=1S/C17H23ClN2O5/c1-10(2)9-25-17(23)20-8-12(21)7-14(20)16(22)19-13-6-11(18)4-5-15(13)24-3/h4-6,10,12,14,21H,7-9H2,1-3H3,(H,19,22)/t12-,14-/m0/s1. The lowest BCUT2D eigenvalue weighted by atomic mass is 10.2. The number of methoxy groups -OCH3 is 1. The molecule has 8 heteroatoms. The number of aliphatic hydroxyl groups excluding tert-OH is 1. The van der Waals surface area contributed by atoms with Crippen LogP contribution in [0.15, 0.2) is 18.2 Å². The number of benzene rings is 1. The number of halogens is 1. The molecule has 0 radical (unpaired) electrons. The van der Waals surface area contributed by atoms with Crippen molar-refractivity contribution in [2.75, 3.05) is 25.6 Å². The van der Waals surface area contributed by atoms with Gasteiger partial charge in [0.2, 0.25) is 5.91 Å². The van der Waals surface area contributed by atoms with Crippen molar-refractivity contribution in [3.63, 3.8) is 0 Å². The van der Waals surface area contributed by atoms with E-state index in [0.717, 1.165) is 0 Å². The van der Waals surface area contributed by atoms with Crippen molar-refractivity contribution in [3.8, 4) is 5.75 Å². The number of carbonyl (C=O) groups excluding carboxylic acids is 2. The molecule has 0 aromatic heterocycles. The first-order valence-electron chi connectivity index (χ1n) is 8.07. The third-order valence-electron chi connectivity index (χ3n) is 3.78. The maximum atomic E-state index is 12.6. The van der Waals surface area contributed by atoms with Crippen molar-refractivity contribution >= 4 is 29.3 Å². The van der Waals surface area contributed by atoms with Crippen molar-refractivity contribution in [2.45, 2.75) is 32.4 Å². The normalized spacial score (nSPS) is 19.8. The predicted molar refractivity (Wildman–Crippen MR) is 93.9 cm³/mol. The third kappa shape index (κ3) is 4.99. The summed E-state index contributed by atoms with van der Waals surface area (Å²) >= 11 is 5.96. The third-order valence-corrected chi connectivity index (χ3v) is 4.01. The molecule has 2 rings (SSSR count). The zero-order valence-electron chi connectivity index (χ0n) is 14.5. The number of aliphatic hydroxyl groups is 1. The minimum Gasteiger partial charge on any atom is -0.495 e. The highest BCUT2D eigenvalue weighted by Gasteiger charge is 2.40. The molecule has 1 heterocycles. The van der Waals surface area contributed by atoms with E-state index in [2.05, 4.69) is 5.32 Å². The van der Waals surface area contributed by atoms with Crippen LogP contribution in [0.1, 0.15) is 20.3 Å². The van der Waals surface area contributed by atoms with Crippen LogP contribution in [0.3, 0.4) is 0 Å². The lowest BCUT2D eigenvalue weighted by Crippen LogP contribution is -2.43. The summed E-state index contributed by atoms with van der Waals surface area (Å²) in [4.78, 5) is 26.1. The molecule has 1 aromatic carbocycles. The maximum absolute atomic E-state index is 12.6. The smallest absolute Gasteiger partial charge is 0.410 e. The van der Waals surface area contributed by atoms with Gasteiger partial charge in [-0.15, -0.1) is 0 Å². The molecule has 0 saturated carbocycles. The van der Waals surface area contributed by atoms with Gasteiger partial charge >= 0.3 is 6.09 Å². The Morgan fingerprint density at radius 3 is 2.80 bits per heavy atom. The molecule has 7 nitrogen and oxygen atoms in total. The van der Waals surface area contributed by atoms with E-state index in [0.29, 0.717) is 16.5 Å². The van der Waals surface area contributed by atoms with Crippen LogP contribution in [0, 0.1) is 5.92 Å². The molecule has 138 valence electrons. The van der Waals surface area contributed by atoms with Crippen LogP contribution in [-0.4, -0.2) is 54.4 Å². The number of ether oxygens (including phenoxy) is 2. The topological polar surface area (TPSA) is 88.1 Å². The van der Waals surface area contributed by atoms with E-state index < -0.39 is 24.1 Å². The molecule has 2 atom stereocenters. The summed E-state index contributed by atoms with van der Waals surface area (Å²) in [6.45, 7) is 4.15. The summed E-state index contributed by atoms with van der Waals surface area (Å²) in [6, 6.07) is 4.02. The fourth-order valence-corrected chi connectivity index (χ4v) is 2.75. The number of nitrogens with one attached hydrogen (secondary N) is 1. The van der Waals surface area contributed by atoms with Crippen LogP contribution in [0.5, 0.6) is 5.75 Å². The summed E-state index contributed by atoms with van der Waals surface area (Å²) in [5, 5.41) is 13.0. The van der Waals surface area contributed by atoms with Crippen molar-refractivity contribution in [3.05, 3.63) is 23.2 Å². The molecule has 0 bridgehead atoms. The first-order valence-corrected chi connectivity index (χ1v) is 8.45. The van der Waals surface area contributed by atoms with Gasteiger partial charge in [-0.25, -0.2) is 4.79 Å². The minimum atomic E-state index is -0.821. The molecular formula is C17H23ClN2O5. The Morgan fingerprint density at radius 2 is 2.16 bits per heavy atom. The fourth-order valence-electron chi connectivity index (χ4n) is 2.58. The molecule has 0 unspecified atom stereocenters. The Kier molecular flexibility index (Phi) is 6.50. The van der Waals surface area contributed by atoms with E-state index in [1.54, 1.807) is 18.2 Å². The molecule has 1 aliphatic heterocycles. The second kappa shape index (κ2) is 8.40. The number of hydrogen-bond acceptors (Lipinski definition) is 5. The van der Waals surface area contributed by atoms with Crippen LogP contribution < -0.4 is 10.1 Å². The Bertz CT molecular complexity index is 637. The van der Waals surface area contributed by atoms with Crippen LogP contribution in [0.4, 0.5) is 10.5 Å². The van der Waals surface area contributed by atoms with Crippen molar-refractivity contribution in [2.24, 2.45) is 5.92 Å². The van der Waals surface area contributed by atoms with Gasteiger partial charge in [0.15, 0.2) is 0 Å². The number of β-amino-alcohol motifs (C(OH)–C–C–N with tert-alkyl or cyclic N) is 1. The molecule has 2 N–H and O–H groups in total. The number of amides is 2. The van der Waals surface area contributed by atoms with Crippen LogP contribution in [0.2, 0.25) is 5.02 Å². The average Bonchev–Trinajstić information content (AvgIpc) is 2.95. The molecule has 1 aromatic rings. The van der Waals surface area contributed by atoms with Crippen LogP contribution >= 0.6 is 11.6 Å². The fraction of sp³-hybridized carbons (Fsp3) is 0.529. The molecule has 1 fully saturated rings. The van der Waals surface area contributed by atoms with Gasteiger partial charge < -0.3 is 19.9 Å². The Morgan fingerprint density at radius 1 is 1.44 bits per heavy atom. The summed E-state index contributed by atoms with van der Waals surface area (Å²) in [5.41, 5.74) is 0.400. The van der Waals surface area contributed by atoms with E-state index in [1.807, 2.05) is 13.8 Å². The average molecular weight is 371 g/mol. The zero-order valence-corrected chi connectivity index (χ0v) is 15.2. The Labute approximate surface area is 151 Å². The number of hydrogen-bond donors (Lipinski definition) is 2. The van der Waals surface area contributed by atoms with E-state index in [9.17, 15) is 14.7 Å². The monoisotopic (exact) mass is 370 g/mol. The molecule has 2 amide bonds. The summed E-state index contributed by atoms with van der Waals surface area (Å²) in [5.74, 6) is 0.198. The molecule has 25 heavy (non-hydrogen) atoms. The maximum Gasteiger partial charge on any atom is 0.410 e. The van der Waals surface area contributed by atoms with Gasteiger partial charge in [0.05, 0.1) is 32.1 Å². The highest BCUT2D eigenvalue weighted by atomic mass is 35.5. The molecule has 0 aliphatic carbocycles. The van der Waals surface area contributed by atoms with E-state index in [1.165, 1.54) is 12.0 Å². The van der Waals surface area contributed by atoms with Gasteiger partial charge in [-0.05, 0) is 24.1 Å². The number of nitrogens with zero attached hydrogens (tertiary/aromatic N) is 1. The molecule has 0 spiro atoms. The lowest BCUT2D eigenvalue weighted by Gasteiger charge is -2.23. The van der Waals surface area contributed by atoms with E-state index >= 15 is 0 Å². The summed E-state index contributed by atoms with van der Waals surface area (Å²) in [6.07, 6.45) is -1.24. The number of rotatable bonds is 5. The highest BCUT2D eigenvalue weighted by molar-refractivity contribution is 6.31. The quantitative estimate of drug-likeness (QED) is 0.831. The molecular weight excluding hydrogens is 348 g/mol. The first kappa shape index (κ1) is 19.3. The SMILES string of the molecule is COc1ccc(Cl)cc1NC(=O)[C@@H]1C[C@H](O)CN1C(=O)OCC(C)C. The number of likely N-dealkylation sites (tertiary alicyclic amines) is 1. The minimum absolute atomic E-state index is 0.0572. The van der Waals surface area contributed by atoms with Crippen molar-refractivity contribution in [1.82, 2.24) is 4.90 Å². The lowest BCUT2D eigenvalue weighted by molar-refractivity contribution is -0.120. The summed E-state index contributed by atoms with van der Waals surface area (Å²) in [7, 11) is 1.48. The van der Waals surface area contributed by atoms with Gasteiger partial charge in [-0.3, -0.25) is 9.69 Å². The van der Waals surface area contributed by atoms with Gasteiger partial charge in [-0.2, -0.15) is 0 Å². The number of anilines is 1. The Balaban J connectivity index is 2.11. The second-order valence-electron chi connectivity index (χ2n) is 6.36. The van der Waals surface area contributed by atoms with Crippen molar-refractivity contribution in [1.29, 1.82) is 0 Å². The van der Waals surface area contributed by atoms with Gasteiger partial charge in [0, 0.05) is 11.4 Å². The second-order valence-corrected chi connectivity index (χ2v) is 6.80.